The molecular formula is C20H22N2O4. The predicted octanol–water partition coefficient (Wildman–Crippen LogP) is 2.01. The molecule has 2 amide bonds. The number of amides is 2. The molecule has 0 aliphatic rings. The number of esters is 1. The van der Waals surface area contributed by atoms with Crippen LogP contribution >= 0.6 is 0 Å². The van der Waals surface area contributed by atoms with Crippen LogP contribution in [0.15, 0.2) is 48.5 Å². The van der Waals surface area contributed by atoms with Crippen LogP contribution in [0.2, 0.25) is 0 Å². The van der Waals surface area contributed by atoms with Gasteiger partial charge >= 0.3 is 5.97 Å². The maximum Gasteiger partial charge on any atom is 0.308 e. The lowest BCUT2D eigenvalue weighted by Gasteiger charge is -2.08. The molecule has 2 rings (SSSR count). The highest BCUT2D eigenvalue weighted by molar-refractivity contribution is 5.94. The molecule has 0 bridgehead atoms. The standard InChI is InChI=1S/C20H22N2O4/c1-14-6-8-16(9-7-14)12-19(24)21-10-11-22-20(25)17-4-3-5-18(13-17)26-15(2)23/h3-9,13H,10-12H2,1-2H3,(H,21,24)(H,22,25). The topological polar surface area (TPSA) is 84.5 Å². The first-order valence-electron chi connectivity index (χ1n) is 8.33. The monoisotopic (exact) mass is 354 g/mol. The molecule has 0 aliphatic carbocycles. The van der Waals surface area contributed by atoms with Crippen molar-refractivity contribution in [2.24, 2.45) is 0 Å². The third kappa shape index (κ3) is 6.39. The Morgan fingerprint density at radius 2 is 1.65 bits per heavy atom. The number of hydrogen-bond acceptors (Lipinski definition) is 4. The van der Waals surface area contributed by atoms with Gasteiger partial charge in [0.2, 0.25) is 5.91 Å². The molecule has 0 atom stereocenters. The maximum absolute atomic E-state index is 12.1. The fourth-order valence-electron chi connectivity index (χ4n) is 2.30. The van der Waals surface area contributed by atoms with Crippen LogP contribution in [0.3, 0.4) is 0 Å². The van der Waals surface area contributed by atoms with Crippen LogP contribution in [-0.4, -0.2) is 30.9 Å². The SMILES string of the molecule is CC(=O)Oc1cccc(C(=O)NCCNC(=O)Cc2ccc(C)cc2)c1. The van der Waals surface area contributed by atoms with E-state index in [1.807, 2.05) is 31.2 Å². The summed E-state index contributed by atoms with van der Waals surface area (Å²) in [4.78, 5) is 34.9. The summed E-state index contributed by atoms with van der Waals surface area (Å²) in [5.41, 5.74) is 2.48. The van der Waals surface area contributed by atoms with Crippen molar-refractivity contribution in [3.63, 3.8) is 0 Å². The lowest BCUT2D eigenvalue weighted by atomic mass is 10.1. The van der Waals surface area contributed by atoms with Gasteiger partial charge in [-0.3, -0.25) is 14.4 Å². The molecule has 0 fully saturated rings. The minimum Gasteiger partial charge on any atom is -0.427 e. The minimum atomic E-state index is -0.446. The van der Waals surface area contributed by atoms with Gasteiger partial charge in [0.05, 0.1) is 6.42 Å². The molecule has 0 saturated carbocycles. The summed E-state index contributed by atoms with van der Waals surface area (Å²) >= 11 is 0. The quantitative estimate of drug-likeness (QED) is 0.453. The molecule has 26 heavy (non-hydrogen) atoms. The van der Waals surface area contributed by atoms with Gasteiger partial charge in [-0.1, -0.05) is 35.9 Å². The highest BCUT2D eigenvalue weighted by atomic mass is 16.5. The van der Waals surface area contributed by atoms with E-state index in [-0.39, 0.29) is 11.8 Å². The number of rotatable bonds is 7. The largest absolute Gasteiger partial charge is 0.427 e. The average Bonchev–Trinajstić information content (AvgIpc) is 2.60. The number of hydrogen-bond donors (Lipinski definition) is 2. The number of carbonyl (C=O) groups is 3. The Balaban J connectivity index is 1.73. The molecule has 136 valence electrons. The Morgan fingerprint density at radius 1 is 0.962 bits per heavy atom. The van der Waals surface area contributed by atoms with E-state index in [9.17, 15) is 14.4 Å². The Bertz CT molecular complexity index is 785. The van der Waals surface area contributed by atoms with Crippen LogP contribution in [-0.2, 0) is 16.0 Å². The van der Waals surface area contributed by atoms with Crippen LogP contribution in [0.1, 0.15) is 28.4 Å². The van der Waals surface area contributed by atoms with E-state index in [4.69, 9.17) is 4.74 Å². The van der Waals surface area contributed by atoms with Crippen LogP contribution in [0.25, 0.3) is 0 Å². The Kier molecular flexibility index (Phi) is 6.91. The third-order valence-corrected chi connectivity index (χ3v) is 3.58. The molecule has 2 aromatic carbocycles. The number of benzene rings is 2. The highest BCUT2D eigenvalue weighted by Crippen LogP contribution is 2.13. The first-order chi connectivity index (χ1) is 12.4. The number of ether oxygens (including phenoxy) is 1. The highest BCUT2D eigenvalue weighted by Gasteiger charge is 2.08. The smallest absolute Gasteiger partial charge is 0.308 e. The van der Waals surface area contributed by atoms with Crippen molar-refractivity contribution in [1.29, 1.82) is 0 Å². The van der Waals surface area contributed by atoms with Crippen LogP contribution < -0.4 is 15.4 Å². The zero-order chi connectivity index (χ0) is 18.9. The van der Waals surface area contributed by atoms with Gasteiger partial charge in [-0.15, -0.1) is 0 Å². The van der Waals surface area contributed by atoms with Gasteiger partial charge in [-0.05, 0) is 30.7 Å². The average molecular weight is 354 g/mol. The third-order valence-electron chi connectivity index (χ3n) is 3.58. The van der Waals surface area contributed by atoms with Gasteiger partial charge in [0.1, 0.15) is 5.75 Å². The minimum absolute atomic E-state index is 0.0973. The van der Waals surface area contributed by atoms with E-state index < -0.39 is 5.97 Å². The fourth-order valence-corrected chi connectivity index (χ4v) is 2.30. The van der Waals surface area contributed by atoms with Gasteiger partial charge in [0.15, 0.2) is 0 Å². The van der Waals surface area contributed by atoms with Crippen LogP contribution in [0, 0.1) is 6.92 Å². The number of aryl methyl sites for hydroxylation is 1. The van der Waals surface area contributed by atoms with E-state index in [1.165, 1.54) is 13.0 Å². The summed E-state index contributed by atoms with van der Waals surface area (Å²) < 4.78 is 4.95. The zero-order valence-corrected chi connectivity index (χ0v) is 14.9. The van der Waals surface area contributed by atoms with E-state index in [0.717, 1.165) is 11.1 Å². The Morgan fingerprint density at radius 3 is 2.35 bits per heavy atom. The van der Waals surface area contributed by atoms with Crippen molar-refractivity contribution in [3.8, 4) is 5.75 Å². The molecule has 2 N–H and O–H groups in total. The molecular weight excluding hydrogens is 332 g/mol. The van der Waals surface area contributed by atoms with Crippen LogP contribution in [0.5, 0.6) is 5.75 Å². The first kappa shape index (κ1) is 19.2. The molecule has 0 aromatic heterocycles. The van der Waals surface area contributed by atoms with Crippen molar-refractivity contribution in [2.45, 2.75) is 20.3 Å². The van der Waals surface area contributed by atoms with Crippen LogP contribution in [0.4, 0.5) is 0 Å². The summed E-state index contributed by atoms with van der Waals surface area (Å²) in [5, 5.41) is 5.48. The predicted molar refractivity (Wildman–Crippen MR) is 98.0 cm³/mol. The molecule has 6 heteroatoms. The summed E-state index contributed by atoms with van der Waals surface area (Å²) in [7, 11) is 0. The zero-order valence-electron chi connectivity index (χ0n) is 14.9. The second kappa shape index (κ2) is 9.36. The molecule has 0 heterocycles. The molecule has 0 unspecified atom stereocenters. The second-order valence-corrected chi connectivity index (χ2v) is 5.89. The van der Waals surface area contributed by atoms with Crippen molar-refractivity contribution in [3.05, 3.63) is 65.2 Å². The maximum atomic E-state index is 12.1. The molecule has 0 saturated heterocycles. The lowest BCUT2D eigenvalue weighted by molar-refractivity contribution is -0.131. The van der Waals surface area contributed by atoms with Gasteiger partial charge in [-0.25, -0.2) is 0 Å². The lowest BCUT2D eigenvalue weighted by Crippen LogP contribution is -2.35. The molecule has 0 aliphatic heterocycles. The normalized spacial score (nSPS) is 10.1. The summed E-state index contributed by atoms with van der Waals surface area (Å²) in [6.07, 6.45) is 0.304. The molecule has 0 spiro atoms. The number of carbonyl (C=O) groups excluding carboxylic acids is 3. The first-order valence-corrected chi connectivity index (χ1v) is 8.33. The Hall–Kier alpha value is -3.15. The van der Waals surface area contributed by atoms with Crippen molar-refractivity contribution in [1.82, 2.24) is 10.6 Å². The molecule has 6 nitrogen and oxygen atoms in total. The van der Waals surface area contributed by atoms with Gasteiger partial charge < -0.3 is 15.4 Å². The number of nitrogens with one attached hydrogen (secondary N) is 2. The summed E-state index contributed by atoms with van der Waals surface area (Å²) in [6, 6.07) is 14.1. The van der Waals surface area contributed by atoms with E-state index in [2.05, 4.69) is 10.6 Å². The van der Waals surface area contributed by atoms with Crippen molar-refractivity contribution < 1.29 is 19.1 Å². The van der Waals surface area contributed by atoms with E-state index >= 15 is 0 Å². The summed E-state index contributed by atoms with van der Waals surface area (Å²) in [5.74, 6) is -0.526. The van der Waals surface area contributed by atoms with E-state index in [0.29, 0.717) is 30.8 Å². The van der Waals surface area contributed by atoms with Gasteiger partial charge in [-0.2, -0.15) is 0 Å². The Labute approximate surface area is 152 Å². The fraction of sp³-hybridized carbons (Fsp3) is 0.250. The van der Waals surface area contributed by atoms with Crippen molar-refractivity contribution in [2.75, 3.05) is 13.1 Å². The molecule has 2 aromatic rings. The second-order valence-electron chi connectivity index (χ2n) is 5.89. The van der Waals surface area contributed by atoms with Gasteiger partial charge in [0.25, 0.3) is 5.91 Å². The van der Waals surface area contributed by atoms with Gasteiger partial charge in [0, 0.05) is 25.6 Å². The van der Waals surface area contributed by atoms with E-state index in [1.54, 1.807) is 18.2 Å². The molecule has 0 radical (unpaired) electrons. The summed E-state index contributed by atoms with van der Waals surface area (Å²) in [6.45, 7) is 3.93. The van der Waals surface area contributed by atoms with Crippen molar-refractivity contribution >= 4 is 17.8 Å².